The topological polar surface area (TPSA) is 81.6 Å². The Balaban J connectivity index is 1.64. The molecule has 0 spiro atoms. The molecule has 0 aliphatic carbocycles. The van der Waals surface area contributed by atoms with E-state index >= 15 is 0 Å². The number of hydrogen-bond acceptors (Lipinski definition) is 5. The van der Waals surface area contributed by atoms with E-state index in [1.807, 2.05) is 17.9 Å². The Labute approximate surface area is 149 Å². The third kappa shape index (κ3) is 3.79. The quantitative estimate of drug-likeness (QED) is 0.844. The average molecular weight is 394 g/mol. The summed E-state index contributed by atoms with van der Waals surface area (Å²) in [6, 6.07) is 7.20. The van der Waals surface area contributed by atoms with E-state index in [2.05, 4.69) is 21.1 Å². The van der Waals surface area contributed by atoms with Gasteiger partial charge in [-0.25, -0.2) is 0 Å². The number of nitrogens with two attached hydrogens (primary N) is 1. The Morgan fingerprint density at radius 2 is 2.33 bits per heavy atom. The second-order valence-corrected chi connectivity index (χ2v) is 6.86. The van der Waals surface area contributed by atoms with Crippen molar-refractivity contribution >= 4 is 21.8 Å². The van der Waals surface area contributed by atoms with Gasteiger partial charge >= 0.3 is 0 Å². The molecule has 1 saturated heterocycles. The zero-order chi connectivity index (χ0) is 17.1. The predicted octanol–water partition coefficient (Wildman–Crippen LogP) is 2.75. The van der Waals surface area contributed by atoms with Crippen LogP contribution in [0.5, 0.6) is 5.75 Å². The molecule has 3 rings (SSSR count). The van der Waals surface area contributed by atoms with Crippen molar-refractivity contribution in [2.75, 3.05) is 19.6 Å². The molecule has 1 amide bonds. The van der Waals surface area contributed by atoms with Gasteiger partial charge in [0.25, 0.3) is 5.91 Å². The summed E-state index contributed by atoms with van der Waals surface area (Å²) in [6.07, 6.45) is 0.974. The first-order chi connectivity index (χ1) is 11.6. The maximum Gasteiger partial charge on any atom is 0.253 e. The second-order valence-electron chi connectivity index (χ2n) is 6.00. The number of benzene rings is 1. The molecule has 7 heteroatoms. The van der Waals surface area contributed by atoms with Gasteiger partial charge in [-0.2, -0.15) is 0 Å². The van der Waals surface area contributed by atoms with Crippen LogP contribution in [0.15, 0.2) is 33.3 Å². The van der Waals surface area contributed by atoms with Crippen molar-refractivity contribution in [2.24, 2.45) is 11.7 Å². The molecule has 1 atom stereocenters. The van der Waals surface area contributed by atoms with Crippen molar-refractivity contribution in [1.82, 2.24) is 10.1 Å². The van der Waals surface area contributed by atoms with E-state index < -0.39 is 0 Å². The zero-order valence-electron chi connectivity index (χ0n) is 13.5. The van der Waals surface area contributed by atoms with Gasteiger partial charge in [-0.3, -0.25) is 4.79 Å². The molecule has 1 aliphatic rings. The van der Waals surface area contributed by atoms with Gasteiger partial charge in [0.2, 0.25) is 0 Å². The number of rotatable bonds is 5. The molecule has 2 N–H and O–H groups in total. The van der Waals surface area contributed by atoms with Crippen LogP contribution in [0.25, 0.3) is 0 Å². The lowest BCUT2D eigenvalue weighted by molar-refractivity contribution is 0.0787. The number of halogens is 1. The monoisotopic (exact) mass is 393 g/mol. The standard InChI is InChI=1S/C17H20BrN3O3/c1-11-6-14(20-24-11)10-23-16-3-2-13(7-15(16)18)17(22)21-5-4-12(8-19)9-21/h2-3,6-7,12H,4-5,8-10,19H2,1H3/t12-/m1/s1. The molecule has 1 aliphatic heterocycles. The van der Waals surface area contributed by atoms with Gasteiger partial charge in [-0.05, 0) is 59.9 Å². The van der Waals surface area contributed by atoms with Crippen LogP contribution in [0.2, 0.25) is 0 Å². The van der Waals surface area contributed by atoms with Gasteiger partial charge in [0.1, 0.15) is 23.8 Å². The molecule has 0 unspecified atom stereocenters. The second kappa shape index (κ2) is 7.36. The summed E-state index contributed by atoms with van der Waals surface area (Å²) >= 11 is 3.47. The molecule has 0 bridgehead atoms. The van der Waals surface area contributed by atoms with E-state index in [0.29, 0.717) is 30.4 Å². The van der Waals surface area contributed by atoms with Gasteiger partial charge in [-0.15, -0.1) is 0 Å². The summed E-state index contributed by atoms with van der Waals surface area (Å²) in [5.74, 6) is 1.85. The van der Waals surface area contributed by atoms with Crippen molar-refractivity contribution < 1.29 is 14.1 Å². The molecular weight excluding hydrogens is 374 g/mol. The van der Waals surface area contributed by atoms with Crippen molar-refractivity contribution in [3.05, 3.63) is 45.8 Å². The van der Waals surface area contributed by atoms with Gasteiger partial charge in [0, 0.05) is 24.7 Å². The van der Waals surface area contributed by atoms with Gasteiger partial charge < -0.3 is 19.9 Å². The summed E-state index contributed by atoms with van der Waals surface area (Å²) in [6.45, 7) is 4.27. The van der Waals surface area contributed by atoms with E-state index in [4.69, 9.17) is 15.0 Å². The summed E-state index contributed by atoms with van der Waals surface area (Å²) in [5.41, 5.74) is 7.06. The number of aryl methyl sites for hydroxylation is 1. The van der Waals surface area contributed by atoms with Gasteiger partial charge in [0.15, 0.2) is 0 Å². The highest BCUT2D eigenvalue weighted by Gasteiger charge is 2.26. The Morgan fingerprint density at radius 3 is 2.96 bits per heavy atom. The fourth-order valence-electron chi connectivity index (χ4n) is 2.78. The molecule has 128 valence electrons. The zero-order valence-corrected chi connectivity index (χ0v) is 15.1. The molecule has 1 aromatic carbocycles. The molecule has 24 heavy (non-hydrogen) atoms. The predicted molar refractivity (Wildman–Crippen MR) is 92.8 cm³/mol. The van der Waals surface area contributed by atoms with Crippen LogP contribution in [0.1, 0.15) is 28.2 Å². The summed E-state index contributed by atoms with van der Waals surface area (Å²) in [7, 11) is 0. The maximum atomic E-state index is 12.6. The van der Waals surface area contributed by atoms with Crippen LogP contribution in [-0.2, 0) is 6.61 Å². The number of nitrogens with zero attached hydrogens (tertiary/aromatic N) is 2. The minimum Gasteiger partial charge on any atom is -0.486 e. The third-order valence-electron chi connectivity index (χ3n) is 4.14. The highest BCUT2D eigenvalue weighted by molar-refractivity contribution is 9.10. The summed E-state index contributed by atoms with van der Waals surface area (Å²) < 4.78 is 11.5. The van der Waals surface area contributed by atoms with E-state index in [0.717, 1.165) is 35.4 Å². The minimum absolute atomic E-state index is 0.0327. The van der Waals surface area contributed by atoms with Crippen LogP contribution in [0.4, 0.5) is 0 Å². The normalized spacial score (nSPS) is 17.3. The third-order valence-corrected chi connectivity index (χ3v) is 4.76. The Morgan fingerprint density at radius 1 is 1.50 bits per heavy atom. The van der Waals surface area contributed by atoms with E-state index in [1.54, 1.807) is 18.2 Å². The molecule has 1 aromatic heterocycles. The number of likely N-dealkylation sites (tertiary alicyclic amines) is 1. The Bertz CT molecular complexity index is 732. The van der Waals surface area contributed by atoms with Crippen LogP contribution in [-0.4, -0.2) is 35.6 Å². The van der Waals surface area contributed by atoms with Crippen molar-refractivity contribution in [1.29, 1.82) is 0 Å². The minimum atomic E-state index is 0.0327. The molecular formula is C17H20BrN3O3. The number of aromatic nitrogens is 1. The molecule has 2 heterocycles. The molecule has 0 radical (unpaired) electrons. The Hall–Kier alpha value is -1.86. The lowest BCUT2D eigenvalue weighted by Crippen LogP contribution is -2.29. The molecule has 2 aromatic rings. The smallest absolute Gasteiger partial charge is 0.253 e. The Kier molecular flexibility index (Phi) is 5.20. The lowest BCUT2D eigenvalue weighted by atomic mass is 10.1. The van der Waals surface area contributed by atoms with Gasteiger partial charge in [0.05, 0.1) is 4.47 Å². The number of carbonyl (C=O) groups is 1. The number of hydrogen-bond donors (Lipinski definition) is 1. The lowest BCUT2D eigenvalue weighted by Gasteiger charge is -2.17. The number of ether oxygens (including phenoxy) is 1. The first-order valence-electron chi connectivity index (χ1n) is 7.90. The van der Waals surface area contributed by atoms with Gasteiger partial charge in [-0.1, -0.05) is 5.16 Å². The summed E-state index contributed by atoms with van der Waals surface area (Å²) in [5, 5.41) is 3.89. The van der Waals surface area contributed by atoms with Crippen molar-refractivity contribution in [3.63, 3.8) is 0 Å². The van der Waals surface area contributed by atoms with E-state index in [1.165, 1.54) is 0 Å². The largest absolute Gasteiger partial charge is 0.486 e. The molecule has 0 saturated carbocycles. The maximum absolute atomic E-state index is 12.6. The van der Waals surface area contributed by atoms with Crippen LogP contribution in [0.3, 0.4) is 0 Å². The van der Waals surface area contributed by atoms with E-state index in [9.17, 15) is 4.79 Å². The highest BCUT2D eigenvalue weighted by atomic mass is 79.9. The highest BCUT2D eigenvalue weighted by Crippen LogP contribution is 2.28. The molecule has 1 fully saturated rings. The van der Waals surface area contributed by atoms with Crippen molar-refractivity contribution in [2.45, 2.75) is 20.0 Å². The van der Waals surface area contributed by atoms with Crippen LogP contribution in [0, 0.1) is 12.8 Å². The SMILES string of the molecule is Cc1cc(COc2ccc(C(=O)N3CC[C@H](CN)C3)cc2Br)no1. The van der Waals surface area contributed by atoms with Crippen molar-refractivity contribution in [3.8, 4) is 5.75 Å². The fourth-order valence-corrected chi connectivity index (χ4v) is 3.27. The fraction of sp³-hybridized carbons (Fsp3) is 0.412. The van der Waals surface area contributed by atoms with Crippen LogP contribution >= 0.6 is 15.9 Å². The summed E-state index contributed by atoms with van der Waals surface area (Å²) in [4.78, 5) is 14.4. The molecule has 6 nitrogen and oxygen atoms in total. The van der Waals surface area contributed by atoms with E-state index in [-0.39, 0.29) is 5.91 Å². The average Bonchev–Trinajstić information content (AvgIpc) is 3.21. The number of carbonyl (C=O) groups excluding carboxylic acids is 1. The number of amides is 1. The first kappa shape index (κ1) is 17.0. The van der Waals surface area contributed by atoms with Crippen LogP contribution < -0.4 is 10.5 Å². The first-order valence-corrected chi connectivity index (χ1v) is 8.70.